The van der Waals surface area contributed by atoms with Crippen molar-refractivity contribution in [1.29, 1.82) is 0 Å². The predicted molar refractivity (Wildman–Crippen MR) is 115 cm³/mol. The molecule has 168 valence electrons. The molecule has 7 N–H and O–H groups in total. The Balaban J connectivity index is 1.53. The molecule has 2 aromatic rings. The number of aromatic nitrogens is 4. The number of guanidine groups is 1. The molecule has 3 unspecified atom stereocenters. The average molecular weight is 459 g/mol. The topological polar surface area (TPSA) is 197 Å². The second kappa shape index (κ2) is 8.11. The van der Waals surface area contributed by atoms with Crippen LogP contribution in [-0.4, -0.2) is 65.5 Å². The van der Waals surface area contributed by atoms with Crippen molar-refractivity contribution in [2.24, 2.45) is 16.5 Å². The van der Waals surface area contributed by atoms with Gasteiger partial charge < -0.3 is 27.0 Å². The van der Waals surface area contributed by atoms with Gasteiger partial charge in [0, 0.05) is 4.75 Å². The Labute approximate surface area is 186 Å². The van der Waals surface area contributed by atoms with E-state index in [1.165, 1.54) is 11.8 Å². The molecule has 32 heavy (non-hydrogen) atoms. The highest BCUT2D eigenvalue weighted by molar-refractivity contribution is 8.01. The van der Waals surface area contributed by atoms with Crippen LogP contribution in [0.4, 0.5) is 4.79 Å². The van der Waals surface area contributed by atoms with E-state index < -0.39 is 34.7 Å². The lowest BCUT2D eigenvalue weighted by Crippen LogP contribution is -2.68. The SMILES string of the molecule is CC1(C)S[C@H]2C(NC(=O)C(NC(=O)N=C(N)N)c3ccccc3)C(=O)N2C1c1nn[nH]n1. The van der Waals surface area contributed by atoms with Gasteiger partial charge in [-0.3, -0.25) is 9.59 Å². The Morgan fingerprint density at radius 3 is 2.62 bits per heavy atom. The van der Waals surface area contributed by atoms with Gasteiger partial charge in [0.2, 0.25) is 11.8 Å². The number of hydrogen-bond acceptors (Lipinski definition) is 7. The standard InChI is InChI=1S/C18H22N10O3S/c1-18(2)11(12-24-26-27-25-12)28-14(30)10(15(28)32-18)21-13(29)9(8-6-4-3-5-7-8)22-17(31)23-16(19)20/h3-7,9-11,15H,1-2H3,(H,21,29)(H,24,25,26,27)(H5,19,20,22,23,31)/t9?,10?,11?,15-/m0/s1. The van der Waals surface area contributed by atoms with Gasteiger partial charge in [-0.05, 0) is 19.4 Å². The molecule has 1 aromatic heterocycles. The van der Waals surface area contributed by atoms with Gasteiger partial charge in [0.05, 0.1) is 0 Å². The van der Waals surface area contributed by atoms with E-state index in [0.717, 1.165) is 0 Å². The minimum Gasteiger partial charge on any atom is -0.370 e. The largest absolute Gasteiger partial charge is 0.370 e. The molecule has 4 amide bonds. The number of hydrogen-bond donors (Lipinski definition) is 5. The number of fused-ring (bicyclic) bond motifs is 1. The van der Waals surface area contributed by atoms with Crippen LogP contribution in [0.15, 0.2) is 35.3 Å². The van der Waals surface area contributed by atoms with Gasteiger partial charge in [0.1, 0.15) is 23.5 Å². The number of aliphatic imine (C=N–C) groups is 1. The van der Waals surface area contributed by atoms with Gasteiger partial charge in [-0.2, -0.15) is 10.2 Å². The van der Waals surface area contributed by atoms with Gasteiger partial charge in [-0.15, -0.1) is 22.0 Å². The monoisotopic (exact) mass is 458 g/mol. The van der Waals surface area contributed by atoms with E-state index in [1.807, 2.05) is 13.8 Å². The highest BCUT2D eigenvalue weighted by Crippen LogP contribution is 2.56. The minimum atomic E-state index is -1.10. The van der Waals surface area contributed by atoms with Crippen LogP contribution in [0, 0.1) is 0 Å². The molecule has 14 heteroatoms. The molecule has 3 heterocycles. The van der Waals surface area contributed by atoms with Crippen molar-refractivity contribution in [3.63, 3.8) is 0 Å². The van der Waals surface area contributed by atoms with Crippen molar-refractivity contribution in [2.45, 2.75) is 42.1 Å². The number of benzene rings is 1. The Bertz CT molecular complexity index is 1050. The fourth-order valence-corrected chi connectivity index (χ4v) is 5.54. The molecule has 2 fully saturated rings. The van der Waals surface area contributed by atoms with Gasteiger partial charge in [0.25, 0.3) is 0 Å². The summed E-state index contributed by atoms with van der Waals surface area (Å²) in [5.74, 6) is -0.847. The van der Waals surface area contributed by atoms with Gasteiger partial charge in [-0.25, -0.2) is 4.79 Å². The third-order valence-electron chi connectivity index (χ3n) is 5.24. The van der Waals surface area contributed by atoms with Crippen LogP contribution in [0.5, 0.6) is 0 Å². The summed E-state index contributed by atoms with van der Waals surface area (Å²) in [7, 11) is 0. The van der Waals surface area contributed by atoms with Crippen molar-refractivity contribution >= 4 is 35.6 Å². The number of tetrazole rings is 1. The Morgan fingerprint density at radius 2 is 2.00 bits per heavy atom. The molecule has 0 radical (unpaired) electrons. The maximum atomic E-state index is 13.1. The van der Waals surface area contributed by atoms with Crippen molar-refractivity contribution in [3.05, 3.63) is 41.7 Å². The predicted octanol–water partition coefficient (Wildman–Crippen LogP) is -0.856. The number of H-pyrrole nitrogens is 1. The lowest BCUT2D eigenvalue weighted by Gasteiger charge is -2.44. The van der Waals surface area contributed by atoms with Crippen molar-refractivity contribution in [2.75, 3.05) is 0 Å². The van der Waals surface area contributed by atoms with Crippen LogP contribution in [0.1, 0.15) is 37.3 Å². The van der Waals surface area contributed by atoms with Crippen molar-refractivity contribution < 1.29 is 14.4 Å². The number of carbonyl (C=O) groups is 3. The van der Waals surface area contributed by atoms with Crippen molar-refractivity contribution in [3.8, 4) is 0 Å². The molecule has 2 saturated heterocycles. The number of nitrogens with zero attached hydrogens (tertiary/aromatic N) is 5. The van der Waals surface area contributed by atoms with E-state index in [0.29, 0.717) is 11.4 Å². The van der Waals surface area contributed by atoms with Crippen LogP contribution in [0.3, 0.4) is 0 Å². The molecule has 0 aliphatic carbocycles. The average Bonchev–Trinajstić information content (AvgIpc) is 3.34. The summed E-state index contributed by atoms with van der Waals surface area (Å²) in [6.07, 6.45) is 0. The van der Waals surface area contributed by atoms with E-state index in [-0.39, 0.29) is 17.3 Å². The summed E-state index contributed by atoms with van der Waals surface area (Å²) in [4.78, 5) is 43.2. The number of nitrogens with two attached hydrogens (primary N) is 2. The molecule has 2 aliphatic heterocycles. The summed E-state index contributed by atoms with van der Waals surface area (Å²) < 4.78 is -0.399. The van der Waals surface area contributed by atoms with Gasteiger partial charge in [-0.1, -0.05) is 35.5 Å². The van der Waals surface area contributed by atoms with E-state index in [1.54, 1.807) is 35.2 Å². The number of rotatable bonds is 5. The summed E-state index contributed by atoms with van der Waals surface area (Å²) in [6.45, 7) is 3.96. The quantitative estimate of drug-likeness (QED) is 0.215. The third-order valence-corrected chi connectivity index (χ3v) is 6.81. The third kappa shape index (κ3) is 3.84. The molecule has 1 aromatic carbocycles. The highest BCUT2D eigenvalue weighted by Gasteiger charge is 2.63. The summed E-state index contributed by atoms with van der Waals surface area (Å²) >= 11 is 1.53. The number of amides is 4. The molecule has 0 spiro atoms. The van der Waals surface area contributed by atoms with Crippen LogP contribution < -0.4 is 22.1 Å². The van der Waals surface area contributed by atoms with Crippen molar-refractivity contribution in [1.82, 2.24) is 36.2 Å². The maximum Gasteiger partial charge on any atom is 0.345 e. The number of urea groups is 1. The number of β-lactam (4-membered cyclic amide) rings is 1. The molecule has 13 nitrogen and oxygen atoms in total. The van der Waals surface area contributed by atoms with Gasteiger partial charge in [0.15, 0.2) is 11.8 Å². The fourth-order valence-electron chi connectivity index (χ4n) is 3.91. The van der Waals surface area contributed by atoms with Crippen LogP contribution >= 0.6 is 11.8 Å². The zero-order valence-corrected chi connectivity index (χ0v) is 18.0. The van der Waals surface area contributed by atoms with E-state index in [4.69, 9.17) is 11.5 Å². The van der Waals surface area contributed by atoms with Crippen LogP contribution in [0.2, 0.25) is 0 Å². The first kappa shape index (κ1) is 21.5. The van der Waals surface area contributed by atoms with E-state index in [9.17, 15) is 14.4 Å². The van der Waals surface area contributed by atoms with Crippen LogP contribution in [0.25, 0.3) is 0 Å². The van der Waals surface area contributed by atoms with E-state index >= 15 is 0 Å². The number of carbonyl (C=O) groups excluding carboxylic acids is 3. The first-order chi connectivity index (χ1) is 15.2. The zero-order chi connectivity index (χ0) is 23.0. The zero-order valence-electron chi connectivity index (χ0n) is 17.2. The lowest BCUT2D eigenvalue weighted by molar-refractivity contribution is -0.152. The second-order valence-electron chi connectivity index (χ2n) is 7.85. The smallest absolute Gasteiger partial charge is 0.345 e. The molecular weight excluding hydrogens is 436 g/mol. The number of aromatic amines is 1. The number of nitrogens with one attached hydrogen (secondary N) is 3. The normalized spacial score (nSPS) is 24.1. The second-order valence-corrected chi connectivity index (χ2v) is 9.62. The number of thioether (sulfide) groups is 1. The Hall–Kier alpha value is -3.68. The summed E-state index contributed by atoms with van der Waals surface area (Å²) in [6, 6.07) is 5.46. The fraction of sp³-hybridized carbons (Fsp3) is 0.389. The van der Waals surface area contributed by atoms with Gasteiger partial charge >= 0.3 is 6.03 Å². The van der Waals surface area contributed by atoms with E-state index in [2.05, 4.69) is 36.3 Å². The first-order valence-corrected chi connectivity index (χ1v) is 10.6. The molecule has 2 aliphatic rings. The Kier molecular flexibility index (Phi) is 5.46. The molecule has 4 rings (SSSR count). The molecular formula is C18H22N10O3S. The minimum absolute atomic E-state index is 0.265. The Morgan fingerprint density at radius 1 is 1.28 bits per heavy atom. The molecule has 0 bridgehead atoms. The highest BCUT2D eigenvalue weighted by atomic mass is 32.2. The molecule has 0 saturated carbocycles. The van der Waals surface area contributed by atoms with Crippen LogP contribution in [-0.2, 0) is 9.59 Å². The summed E-state index contributed by atoms with van der Waals surface area (Å²) in [5.41, 5.74) is 11.0. The first-order valence-electron chi connectivity index (χ1n) is 9.68. The maximum absolute atomic E-state index is 13.1. The molecule has 4 atom stereocenters. The lowest BCUT2D eigenvalue weighted by atomic mass is 9.95. The summed E-state index contributed by atoms with van der Waals surface area (Å²) in [5, 5.41) is 19.0.